The number of hydrogen-bond donors (Lipinski definition) is 1. The van der Waals surface area contributed by atoms with E-state index in [1.165, 1.54) is 37.6 Å². The number of alkyl halides is 3. The number of nitrogens with zero attached hydrogens (tertiary/aromatic N) is 3. The van der Waals surface area contributed by atoms with E-state index in [4.69, 9.17) is 4.74 Å². The van der Waals surface area contributed by atoms with Crippen molar-refractivity contribution in [1.82, 2.24) is 9.99 Å². The zero-order valence-corrected chi connectivity index (χ0v) is 17.8. The van der Waals surface area contributed by atoms with Crippen LogP contribution in [0, 0.1) is 24.0 Å². The SMILES string of the molecule is COc1ccc([N+](=O)[O-])cc1-n1c(C)cc(/C=N\NC(=O)c2cccc(C(F)(F)F)c2)c1C. The smallest absolute Gasteiger partial charge is 0.416 e. The van der Waals surface area contributed by atoms with E-state index in [1.807, 2.05) is 0 Å². The number of halogens is 3. The summed E-state index contributed by atoms with van der Waals surface area (Å²) >= 11 is 0. The van der Waals surface area contributed by atoms with E-state index in [0.717, 1.165) is 23.9 Å². The van der Waals surface area contributed by atoms with Crippen molar-refractivity contribution in [3.05, 3.63) is 86.7 Å². The molecule has 0 bridgehead atoms. The number of hydrazone groups is 1. The van der Waals surface area contributed by atoms with E-state index in [-0.39, 0.29) is 11.3 Å². The highest BCUT2D eigenvalue weighted by Crippen LogP contribution is 2.31. The second-order valence-electron chi connectivity index (χ2n) is 7.05. The number of nitrogens with one attached hydrogen (secondary N) is 1. The number of ether oxygens (including phenoxy) is 1. The Morgan fingerprint density at radius 1 is 1.18 bits per heavy atom. The van der Waals surface area contributed by atoms with Gasteiger partial charge >= 0.3 is 6.18 Å². The van der Waals surface area contributed by atoms with Crippen LogP contribution >= 0.6 is 0 Å². The third-order valence-corrected chi connectivity index (χ3v) is 4.91. The Hall–Kier alpha value is -4.15. The Bertz CT molecular complexity index is 1250. The van der Waals surface area contributed by atoms with Crippen molar-refractivity contribution in [2.75, 3.05) is 7.11 Å². The number of methoxy groups -OCH3 is 1. The molecule has 0 aliphatic carbocycles. The molecule has 1 heterocycles. The minimum atomic E-state index is -4.56. The highest BCUT2D eigenvalue weighted by Gasteiger charge is 2.30. The highest BCUT2D eigenvalue weighted by molar-refractivity contribution is 5.95. The molecule has 33 heavy (non-hydrogen) atoms. The van der Waals surface area contributed by atoms with Gasteiger partial charge in [-0.15, -0.1) is 0 Å². The van der Waals surface area contributed by atoms with Crippen molar-refractivity contribution in [2.24, 2.45) is 5.10 Å². The molecule has 0 unspecified atom stereocenters. The fourth-order valence-corrected chi connectivity index (χ4v) is 3.32. The Labute approximate surface area is 186 Å². The third kappa shape index (κ3) is 5.03. The molecule has 0 radical (unpaired) electrons. The van der Waals surface area contributed by atoms with Gasteiger partial charge in [-0.2, -0.15) is 18.3 Å². The van der Waals surface area contributed by atoms with Crippen LogP contribution in [-0.4, -0.2) is 28.7 Å². The van der Waals surface area contributed by atoms with Crippen molar-refractivity contribution < 1.29 is 27.6 Å². The number of non-ortho nitro benzene ring substituents is 1. The first kappa shape index (κ1) is 23.5. The fraction of sp³-hybridized carbons (Fsp3) is 0.182. The number of rotatable bonds is 6. The third-order valence-electron chi connectivity index (χ3n) is 4.91. The summed E-state index contributed by atoms with van der Waals surface area (Å²) in [7, 11) is 1.45. The zero-order valence-electron chi connectivity index (χ0n) is 17.8. The van der Waals surface area contributed by atoms with Gasteiger partial charge in [0, 0.05) is 34.6 Å². The molecule has 1 amide bonds. The van der Waals surface area contributed by atoms with Gasteiger partial charge in [0.25, 0.3) is 11.6 Å². The molecule has 3 aromatic rings. The van der Waals surface area contributed by atoms with Crippen molar-refractivity contribution in [2.45, 2.75) is 20.0 Å². The van der Waals surface area contributed by atoms with Gasteiger partial charge in [0.2, 0.25) is 0 Å². The fourth-order valence-electron chi connectivity index (χ4n) is 3.32. The van der Waals surface area contributed by atoms with Crippen molar-refractivity contribution in [3.8, 4) is 11.4 Å². The molecule has 0 aliphatic heterocycles. The molecular weight excluding hydrogens is 441 g/mol. The number of benzene rings is 2. The van der Waals surface area contributed by atoms with Gasteiger partial charge in [-0.05, 0) is 44.2 Å². The van der Waals surface area contributed by atoms with Crippen molar-refractivity contribution >= 4 is 17.8 Å². The van der Waals surface area contributed by atoms with Gasteiger partial charge < -0.3 is 9.30 Å². The molecule has 0 atom stereocenters. The minimum absolute atomic E-state index is 0.109. The first-order valence-corrected chi connectivity index (χ1v) is 9.55. The number of nitro benzene ring substituents is 1. The summed E-state index contributed by atoms with van der Waals surface area (Å²) in [6, 6.07) is 9.96. The second-order valence-corrected chi connectivity index (χ2v) is 7.05. The summed E-state index contributed by atoms with van der Waals surface area (Å²) in [5.74, 6) is -0.379. The number of amides is 1. The van der Waals surface area contributed by atoms with E-state index < -0.39 is 22.6 Å². The van der Waals surface area contributed by atoms with Crippen molar-refractivity contribution in [3.63, 3.8) is 0 Å². The van der Waals surface area contributed by atoms with Crippen LogP contribution in [0.2, 0.25) is 0 Å². The predicted molar refractivity (Wildman–Crippen MR) is 115 cm³/mol. The van der Waals surface area contributed by atoms with Crippen LogP contribution in [0.15, 0.2) is 53.6 Å². The molecule has 172 valence electrons. The Balaban J connectivity index is 1.86. The van der Waals surface area contributed by atoms with Gasteiger partial charge in [-0.25, -0.2) is 5.43 Å². The van der Waals surface area contributed by atoms with Crippen LogP contribution in [0.3, 0.4) is 0 Å². The normalized spacial score (nSPS) is 11.6. The van der Waals surface area contributed by atoms with Gasteiger partial charge in [-0.1, -0.05) is 6.07 Å². The topological polar surface area (TPSA) is 98.8 Å². The van der Waals surface area contributed by atoms with Crippen LogP contribution in [-0.2, 0) is 6.18 Å². The quantitative estimate of drug-likeness (QED) is 0.325. The summed E-state index contributed by atoms with van der Waals surface area (Å²) in [4.78, 5) is 22.9. The van der Waals surface area contributed by atoms with E-state index in [2.05, 4.69) is 10.5 Å². The largest absolute Gasteiger partial charge is 0.495 e. The molecule has 2 aromatic carbocycles. The molecule has 0 aliphatic rings. The lowest BCUT2D eigenvalue weighted by atomic mass is 10.1. The number of nitro groups is 1. The standard InChI is InChI=1S/C22H19F3N4O4/c1-13-9-16(12-26-27-21(30)15-5-4-6-17(10-15)22(23,24)25)14(2)28(13)19-11-18(29(31)32)7-8-20(19)33-3/h4-12H,1-3H3,(H,27,30)/b26-12-. The summed E-state index contributed by atoms with van der Waals surface area (Å²) in [5, 5.41) is 15.0. The lowest BCUT2D eigenvalue weighted by molar-refractivity contribution is -0.384. The first-order valence-electron chi connectivity index (χ1n) is 9.55. The Morgan fingerprint density at radius 2 is 1.91 bits per heavy atom. The summed E-state index contributed by atoms with van der Waals surface area (Å²) in [5.41, 5.74) is 3.39. The molecule has 3 rings (SSSR count). The average molecular weight is 460 g/mol. The van der Waals surface area contributed by atoms with E-state index in [9.17, 15) is 28.1 Å². The second kappa shape index (κ2) is 9.15. The Morgan fingerprint density at radius 3 is 2.55 bits per heavy atom. The summed E-state index contributed by atoms with van der Waals surface area (Å²) in [6.45, 7) is 3.53. The Kier molecular flexibility index (Phi) is 6.52. The zero-order chi connectivity index (χ0) is 24.3. The average Bonchev–Trinajstić information content (AvgIpc) is 3.05. The number of aryl methyl sites for hydroxylation is 1. The molecule has 0 saturated heterocycles. The summed E-state index contributed by atoms with van der Waals surface area (Å²) in [6.07, 6.45) is -3.22. The molecular formula is C22H19F3N4O4. The van der Waals surface area contributed by atoms with Crippen LogP contribution < -0.4 is 10.2 Å². The maximum absolute atomic E-state index is 12.8. The first-order chi connectivity index (χ1) is 15.5. The number of carbonyl (C=O) groups is 1. The molecule has 0 fully saturated rings. The van der Waals surface area contributed by atoms with Crippen LogP contribution in [0.1, 0.15) is 32.9 Å². The molecule has 0 saturated carbocycles. The summed E-state index contributed by atoms with van der Waals surface area (Å²) < 4.78 is 45.6. The monoisotopic (exact) mass is 460 g/mol. The molecule has 1 aromatic heterocycles. The van der Waals surface area contributed by atoms with Gasteiger partial charge in [-0.3, -0.25) is 14.9 Å². The molecule has 0 spiro atoms. The van der Waals surface area contributed by atoms with Crippen LogP contribution in [0.5, 0.6) is 5.75 Å². The predicted octanol–water partition coefficient (Wildman–Crippen LogP) is 4.79. The minimum Gasteiger partial charge on any atom is -0.495 e. The molecule has 8 nitrogen and oxygen atoms in total. The number of hydrogen-bond acceptors (Lipinski definition) is 5. The van der Waals surface area contributed by atoms with Gasteiger partial charge in [0.15, 0.2) is 0 Å². The molecule has 11 heteroatoms. The van der Waals surface area contributed by atoms with Crippen molar-refractivity contribution in [1.29, 1.82) is 0 Å². The van der Waals surface area contributed by atoms with E-state index in [0.29, 0.717) is 22.7 Å². The van der Waals surface area contributed by atoms with Gasteiger partial charge in [0.05, 0.1) is 29.5 Å². The maximum Gasteiger partial charge on any atom is 0.416 e. The maximum atomic E-state index is 12.8. The molecule has 1 N–H and O–H groups in total. The van der Waals surface area contributed by atoms with Crippen LogP contribution in [0.4, 0.5) is 18.9 Å². The van der Waals surface area contributed by atoms with Crippen LogP contribution in [0.25, 0.3) is 5.69 Å². The number of aromatic nitrogens is 1. The highest BCUT2D eigenvalue weighted by atomic mass is 19.4. The lowest BCUT2D eigenvalue weighted by Crippen LogP contribution is -2.18. The lowest BCUT2D eigenvalue weighted by Gasteiger charge is -2.13. The van der Waals surface area contributed by atoms with E-state index >= 15 is 0 Å². The number of carbonyl (C=O) groups excluding carboxylic acids is 1. The van der Waals surface area contributed by atoms with Gasteiger partial charge in [0.1, 0.15) is 5.75 Å². The van der Waals surface area contributed by atoms with E-state index in [1.54, 1.807) is 24.5 Å².